The number of sulfonamides is 1. The van der Waals surface area contributed by atoms with Crippen molar-refractivity contribution in [1.82, 2.24) is 14.7 Å². The number of hydrogen-bond donors (Lipinski definition) is 3. The molecule has 3 N–H and O–H groups in total. The van der Waals surface area contributed by atoms with Gasteiger partial charge in [0.1, 0.15) is 4.83 Å². The van der Waals surface area contributed by atoms with Crippen molar-refractivity contribution in [2.24, 2.45) is 0 Å². The van der Waals surface area contributed by atoms with Gasteiger partial charge in [-0.1, -0.05) is 11.8 Å². The second kappa shape index (κ2) is 10.5. The molecule has 0 fully saturated rings. The van der Waals surface area contributed by atoms with Crippen molar-refractivity contribution in [3.8, 4) is 0 Å². The van der Waals surface area contributed by atoms with Gasteiger partial charge in [-0.25, -0.2) is 18.1 Å². The number of carboxylic acid groups (broad SMARTS) is 1. The third-order valence-electron chi connectivity index (χ3n) is 4.66. The van der Waals surface area contributed by atoms with E-state index < -0.39 is 16.0 Å². The van der Waals surface area contributed by atoms with Crippen LogP contribution in [0.4, 0.5) is 5.69 Å². The fourth-order valence-corrected chi connectivity index (χ4v) is 5.70. The zero-order valence-corrected chi connectivity index (χ0v) is 20.2. The molecule has 0 bridgehead atoms. The first-order valence-corrected chi connectivity index (χ1v) is 13.1. The second-order valence-electron chi connectivity index (χ2n) is 7.07. The minimum absolute atomic E-state index is 0.00216. The van der Waals surface area contributed by atoms with E-state index in [0.717, 1.165) is 22.2 Å². The molecule has 3 aromatic rings. The first-order valence-electron chi connectivity index (χ1n) is 9.79. The topological polar surface area (TPSA) is 161 Å². The molecule has 1 aromatic carbocycles. The summed E-state index contributed by atoms with van der Waals surface area (Å²) in [7, 11) is -3.79. The third kappa shape index (κ3) is 6.41. The van der Waals surface area contributed by atoms with Crippen LogP contribution in [-0.2, 0) is 19.6 Å². The number of aryl methyl sites for hydroxylation is 2. The number of anilines is 1. The normalized spacial score (nSPS) is 11.6. The molecule has 1 amide bonds. The maximum Gasteiger partial charge on any atom is 0.260 e. The van der Waals surface area contributed by atoms with E-state index in [1.54, 1.807) is 0 Å². The molecule has 3 rings (SSSR count). The number of hydrogen-bond acceptors (Lipinski definition) is 9. The van der Waals surface area contributed by atoms with E-state index >= 15 is 0 Å². The van der Waals surface area contributed by atoms with Crippen molar-refractivity contribution in [2.45, 2.75) is 36.7 Å². The lowest BCUT2D eigenvalue weighted by molar-refractivity contribution is -0.305. The van der Waals surface area contributed by atoms with Gasteiger partial charge in [-0.2, -0.15) is 0 Å². The van der Waals surface area contributed by atoms with Gasteiger partial charge in [0.2, 0.25) is 15.9 Å². The molecule has 0 saturated carbocycles. The highest BCUT2D eigenvalue weighted by Gasteiger charge is 2.15. The van der Waals surface area contributed by atoms with Crippen LogP contribution in [-0.4, -0.2) is 42.6 Å². The highest BCUT2D eigenvalue weighted by atomic mass is 32.2. The minimum atomic E-state index is -3.79. The molecule has 0 aliphatic rings. The lowest BCUT2D eigenvalue weighted by Gasteiger charge is -2.09. The van der Waals surface area contributed by atoms with E-state index in [9.17, 15) is 27.9 Å². The quantitative estimate of drug-likeness (QED) is 0.208. The van der Waals surface area contributed by atoms with Gasteiger partial charge in [0.15, 0.2) is 5.16 Å². The van der Waals surface area contributed by atoms with Crippen LogP contribution in [0, 0.1) is 13.8 Å². The van der Waals surface area contributed by atoms with Crippen LogP contribution in [0.3, 0.4) is 0 Å². The fraction of sp³-hybridized carbons (Fsp3) is 0.300. The van der Waals surface area contributed by atoms with E-state index in [-0.39, 0.29) is 41.5 Å². The number of carbonyl (C=O) groups excluding carboxylic acids is 2. The van der Waals surface area contributed by atoms with Crippen molar-refractivity contribution in [1.29, 1.82) is 0 Å². The Morgan fingerprint density at radius 1 is 1.21 bits per heavy atom. The summed E-state index contributed by atoms with van der Waals surface area (Å²) in [5.74, 6) is -1.60. The average molecular weight is 510 g/mol. The van der Waals surface area contributed by atoms with Gasteiger partial charge in [-0.3, -0.25) is 9.59 Å². The summed E-state index contributed by atoms with van der Waals surface area (Å²) in [4.78, 5) is 43.7. The standard InChI is InChI=1S/C20H22N4O6S3/c1-11-12(2)32-19-17(11)18(28)23-20(24-19)31-10-15(25)22-13-5-7-14(8-6-13)33(29,30)21-9-3-4-16(26)27/h5-8,21H,3-4,9-10H2,1-2H3,(H,22,25)(H,26,27)(H,23,24,28)/p-1. The number of benzene rings is 1. The van der Waals surface area contributed by atoms with Crippen LogP contribution >= 0.6 is 23.1 Å². The fourth-order valence-electron chi connectivity index (χ4n) is 2.87. The summed E-state index contributed by atoms with van der Waals surface area (Å²) in [5.41, 5.74) is 1.06. The zero-order chi connectivity index (χ0) is 24.2. The largest absolute Gasteiger partial charge is 0.550 e. The van der Waals surface area contributed by atoms with Gasteiger partial charge >= 0.3 is 0 Å². The number of nitrogens with zero attached hydrogens (tertiary/aromatic N) is 1. The molecule has 0 atom stereocenters. The summed E-state index contributed by atoms with van der Waals surface area (Å²) in [5, 5.41) is 13.9. The molecule has 0 aliphatic heterocycles. The minimum Gasteiger partial charge on any atom is -0.550 e. The molecule has 0 saturated heterocycles. The smallest absolute Gasteiger partial charge is 0.260 e. The van der Waals surface area contributed by atoms with Crippen LogP contribution in [0.1, 0.15) is 23.3 Å². The van der Waals surface area contributed by atoms with E-state index in [1.165, 1.54) is 35.6 Å². The zero-order valence-electron chi connectivity index (χ0n) is 17.8. The highest BCUT2D eigenvalue weighted by molar-refractivity contribution is 7.99. The Morgan fingerprint density at radius 3 is 2.58 bits per heavy atom. The Bertz CT molecular complexity index is 1350. The molecule has 13 heteroatoms. The highest BCUT2D eigenvalue weighted by Crippen LogP contribution is 2.27. The lowest BCUT2D eigenvalue weighted by Crippen LogP contribution is -2.27. The Hall–Kier alpha value is -2.74. The van der Waals surface area contributed by atoms with Crippen molar-refractivity contribution in [2.75, 3.05) is 17.6 Å². The predicted molar refractivity (Wildman–Crippen MR) is 125 cm³/mol. The molecule has 33 heavy (non-hydrogen) atoms. The molecule has 0 radical (unpaired) electrons. The summed E-state index contributed by atoms with van der Waals surface area (Å²) >= 11 is 2.51. The number of nitrogens with one attached hydrogen (secondary N) is 3. The van der Waals surface area contributed by atoms with Gasteiger partial charge in [0.05, 0.1) is 16.0 Å². The van der Waals surface area contributed by atoms with Crippen molar-refractivity contribution < 1.29 is 23.1 Å². The van der Waals surface area contributed by atoms with Crippen LogP contribution in [0.5, 0.6) is 0 Å². The first kappa shape index (κ1) is 24.9. The first-order chi connectivity index (χ1) is 15.6. The Morgan fingerprint density at radius 2 is 1.91 bits per heavy atom. The molecule has 0 unspecified atom stereocenters. The number of amides is 1. The average Bonchev–Trinajstić information content (AvgIpc) is 3.04. The number of aliphatic carboxylic acids is 1. The number of carboxylic acids is 1. The monoisotopic (exact) mass is 509 g/mol. The van der Waals surface area contributed by atoms with Crippen LogP contribution in [0.25, 0.3) is 10.2 Å². The number of H-pyrrole nitrogens is 1. The van der Waals surface area contributed by atoms with E-state index in [4.69, 9.17) is 0 Å². The van der Waals surface area contributed by atoms with Crippen molar-refractivity contribution in [3.63, 3.8) is 0 Å². The number of carbonyl (C=O) groups is 2. The summed E-state index contributed by atoms with van der Waals surface area (Å²) in [6.45, 7) is 3.76. The summed E-state index contributed by atoms with van der Waals surface area (Å²) in [6.07, 6.45) is -0.124. The third-order valence-corrected chi connectivity index (χ3v) is 8.11. The molecule has 2 heterocycles. The number of thiophene rings is 1. The molecular weight excluding hydrogens is 488 g/mol. The molecule has 0 spiro atoms. The number of aromatic amines is 1. The molecule has 0 aliphatic carbocycles. The number of rotatable bonds is 10. The van der Waals surface area contributed by atoms with Crippen LogP contribution < -0.4 is 20.7 Å². The van der Waals surface area contributed by atoms with Gasteiger partial charge < -0.3 is 20.2 Å². The Kier molecular flexibility index (Phi) is 7.89. The maximum absolute atomic E-state index is 12.3. The molecule has 176 valence electrons. The summed E-state index contributed by atoms with van der Waals surface area (Å²) in [6, 6.07) is 5.56. The van der Waals surface area contributed by atoms with Gasteiger partial charge in [0, 0.05) is 23.1 Å². The second-order valence-corrected chi connectivity index (χ2v) is 11.0. The Balaban J connectivity index is 1.56. The van der Waals surface area contributed by atoms with E-state index in [1.807, 2.05) is 13.8 Å². The van der Waals surface area contributed by atoms with E-state index in [0.29, 0.717) is 21.1 Å². The lowest BCUT2D eigenvalue weighted by atomic mass is 10.2. The van der Waals surface area contributed by atoms with E-state index in [2.05, 4.69) is 20.0 Å². The summed E-state index contributed by atoms with van der Waals surface area (Å²) < 4.78 is 26.7. The molecule has 2 aromatic heterocycles. The maximum atomic E-state index is 12.3. The van der Waals surface area contributed by atoms with Crippen molar-refractivity contribution in [3.05, 3.63) is 45.1 Å². The number of aromatic nitrogens is 2. The van der Waals surface area contributed by atoms with Crippen LogP contribution in [0.15, 0.2) is 39.1 Å². The number of thioether (sulfide) groups is 1. The predicted octanol–water partition coefficient (Wildman–Crippen LogP) is 1.14. The van der Waals surface area contributed by atoms with Gasteiger partial charge in [-0.15, -0.1) is 11.3 Å². The SMILES string of the molecule is Cc1sc2nc(SCC(=O)Nc3ccc(S(=O)(=O)NCCCC(=O)[O-])cc3)[nH]c(=O)c2c1C. The number of fused-ring (bicyclic) bond motifs is 1. The van der Waals surface area contributed by atoms with Gasteiger partial charge in [-0.05, 0) is 56.5 Å². The van der Waals surface area contributed by atoms with Crippen molar-refractivity contribution >= 4 is 60.9 Å². The van der Waals surface area contributed by atoms with Crippen LogP contribution in [0.2, 0.25) is 0 Å². The molecular formula is C20H21N4O6S3-. The molecule has 10 nitrogen and oxygen atoms in total. The van der Waals surface area contributed by atoms with Gasteiger partial charge in [0.25, 0.3) is 5.56 Å². The Labute approximate surface area is 197 Å².